The molecule has 0 fully saturated rings. The van der Waals surface area contributed by atoms with Crippen molar-refractivity contribution < 1.29 is 71.5 Å². The molecule has 0 saturated heterocycles. The Kier molecular flexibility index (Phi) is 27.3. The molecular weight excluding hydrogens is 1410 g/mol. The fraction of sp³-hybridized carbons (Fsp3) is 0.0870. The van der Waals surface area contributed by atoms with Crippen LogP contribution in [0.1, 0.15) is 22.3 Å². The largest absolute Gasteiger partial charge is 1.00 e. The first-order valence-corrected chi connectivity index (χ1v) is 45.4. The quantitative estimate of drug-likeness (QED) is 0.105. The summed E-state index contributed by atoms with van der Waals surface area (Å²) >= 11 is 3.48. The summed E-state index contributed by atoms with van der Waals surface area (Å²) in [4.78, 5) is 0. The van der Waals surface area contributed by atoms with Gasteiger partial charge in [0.15, 0.2) is 0 Å². The summed E-state index contributed by atoms with van der Waals surface area (Å²) in [6, 6.07) is 122. The van der Waals surface area contributed by atoms with Crippen molar-refractivity contribution in [2.75, 3.05) is 0 Å². The fourth-order valence-electron chi connectivity index (χ4n) is 12.4. The molecule has 0 unspecified atom stereocenters. The Labute approximate surface area is 624 Å². The van der Waals surface area contributed by atoms with Gasteiger partial charge < -0.3 is 24.8 Å². The van der Waals surface area contributed by atoms with E-state index in [-0.39, 0.29) is 35.7 Å². The van der Waals surface area contributed by atoms with Crippen LogP contribution in [-0.4, -0.2) is 10.9 Å². The van der Waals surface area contributed by atoms with E-state index in [2.05, 4.69) is 394 Å². The van der Waals surface area contributed by atoms with Gasteiger partial charge in [-0.2, -0.15) is 24.3 Å². The standard InChI is InChI=1S/4C22H17.2C2H6Si.2ClH.2Zr/c4*1-16-14-20-8-5-9-21(22(20)15-16)19-12-10-18(11-13-19)17-6-3-2-4-7-17;2*1-3-2;;;;/h4*2-15H,1H3;2*1-2H3;2*1H;;/q4*-1;;;;;2*+2/p-2. The maximum Gasteiger partial charge on any atom is -0.0184 e. The van der Waals surface area contributed by atoms with Crippen molar-refractivity contribution in [1.82, 2.24) is 0 Å². The van der Waals surface area contributed by atoms with Crippen LogP contribution in [0.5, 0.6) is 0 Å². The van der Waals surface area contributed by atoms with Gasteiger partial charge in [-0.15, -0.1) is 138 Å². The zero-order valence-corrected chi connectivity index (χ0v) is 65.5. The second-order valence-corrected chi connectivity index (χ2v) is 43.9. The molecule has 0 aliphatic heterocycles. The van der Waals surface area contributed by atoms with Crippen LogP contribution in [0, 0.1) is 27.7 Å². The molecule has 0 saturated carbocycles. The maximum atomic E-state index is 2.31. The van der Waals surface area contributed by atoms with Crippen LogP contribution in [0.25, 0.3) is 132 Å². The third-order valence-electron chi connectivity index (χ3n) is 16.8. The second kappa shape index (κ2) is 36.1. The van der Waals surface area contributed by atoms with E-state index in [0.29, 0.717) is 0 Å². The molecule has 0 radical (unpaired) electrons. The molecular formula is C92H80Cl2Si2Zr2-2. The van der Waals surface area contributed by atoms with E-state index in [1.165, 1.54) is 154 Å². The third kappa shape index (κ3) is 19.6. The Morgan fingerprint density at radius 1 is 0.204 bits per heavy atom. The van der Waals surface area contributed by atoms with E-state index >= 15 is 0 Å². The van der Waals surface area contributed by atoms with Crippen molar-refractivity contribution in [2.45, 2.75) is 53.9 Å². The minimum absolute atomic E-state index is 0. The number of hydrogen-bond donors (Lipinski definition) is 0. The predicted octanol–water partition coefficient (Wildman–Crippen LogP) is 20.4. The van der Waals surface area contributed by atoms with Crippen LogP contribution < -0.4 is 24.8 Å². The third-order valence-corrected chi connectivity index (χ3v) is 16.8. The van der Waals surface area contributed by atoms with Crippen molar-refractivity contribution >= 4 is 54.0 Å². The Hall–Kier alpha value is -8.14. The molecule has 0 aromatic heterocycles. The van der Waals surface area contributed by atoms with Gasteiger partial charge >= 0.3 is 83.7 Å². The molecule has 16 rings (SSSR count). The molecule has 0 amide bonds. The average molecular weight is 1500 g/mol. The molecule has 6 heteroatoms. The molecule has 480 valence electrons. The van der Waals surface area contributed by atoms with Gasteiger partial charge in [-0.3, -0.25) is 0 Å². The minimum Gasteiger partial charge on any atom is -1.00 e. The maximum absolute atomic E-state index is 2.31. The summed E-state index contributed by atoms with van der Waals surface area (Å²) in [5.74, 6) is 0. The van der Waals surface area contributed by atoms with E-state index in [1.54, 1.807) is 46.7 Å². The summed E-state index contributed by atoms with van der Waals surface area (Å²) in [7, 11) is 0. The molecule has 0 bridgehead atoms. The van der Waals surface area contributed by atoms with Crippen molar-refractivity contribution in [3.63, 3.8) is 0 Å². The molecule has 98 heavy (non-hydrogen) atoms. The van der Waals surface area contributed by atoms with Gasteiger partial charge in [0, 0.05) is 0 Å². The van der Waals surface area contributed by atoms with Crippen molar-refractivity contribution in [2.24, 2.45) is 0 Å². The van der Waals surface area contributed by atoms with E-state index in [1.807, 2.05) is 0 Å². The molecule has 0 heterocycles. The van der Waals surface area contributed by atoms with Gasteiger partial charge in [0.05, 0.1) is 0 Å². The fourth-order valence-corrected chi connectivity index (χ4v) is 12.4. The molecule has 0 aliphatic carbocycles. The van der Waals surface area contributed by atoms with Crippen LogP contribution in [-0.2, 0) is 46.7 Å². The predicted molar refractivity (Wildman–Crippen MR) is 416 cm³/mol. The summed E-state index contributed by atoms with van der Waals surface area (Å²) in [6.07, 6.45) is 0. The van der Waals surface area contributed by atoms with Crippen molar-refractivity contribution in [3.05, 3.63) is 362 Å². The monoisotopic (exact) mass is 1490 g/mol. The molecule has 0 nitrogen and oxygen atoms in total. The SMILES string of the molecule is C[Si](C)=[Zr+2].C[Si](C)=[Zr+2].Cc1cc2c(-c3ccc(-c4ccccc4)cc3)cccc2[cH-]1.Cc1cc2c(-c3ccc(-c4ccccc4)cc3)cccc2[cH-]1.Cc1cc2c(-c3ccc(-c4ccccc4)cc3)cccc2[cH-]1.Cc1cc2c(-c3ccc(-c4ccccc4)cc3)cccc2[cH-]1.[Cl-].[Cl-]. The molecule has 0 atom stereocenters. The van der Waals surface area contributed by atoms with Gasteiger partial charge in [0.2, 0.25) is 0 Å². The molecule has 16 aromatic carbocycles. The number of benzene rings is 12. The number of hydrogen-bond acceptors (Lipinski definition) is 0. The summed E-state index contributed by atoms with van der Waals surface area (Å²) < 4.78 is 0. The second-order valence-electron chi connectivity index (χ2n) is 25.1. The Bertz CT molecular complexity index is 4520. The molecule has 0 aliphatic rings. The van der Waals surface area contributed by atoms with E-state index < -0.39 is 0 Å². The van der Waals surface area contributed by atoms with Crippen LogP contribution in [0.2, 0.25) is 26.2 Å². The van der Waals surface area contributed by atoms with E-state index in [4.69, 9.17) is 0 Å². The zero-order valence-electron chi connectivity index (χ0n) is 57.1. The van der Waals surface area contributed by atoms with Crippen LogP contribution in [0.4, 0.5) is 0 Å². The van der Waals surface area contributed by atoms with Gasteiger partial charge in [0.25, 0.3) is 0 Å². The number of halogens is 2. The first kappa shape index (κ1) is 74.1. The number of fused-ring (bicyclic) bond motifs is 4. The summed E-state index contributed by atoms with van der Waals surface area (Å²) in [6.45, 7) is 17.9. The number of aryl methyl sites for hydroxylation is 4. The minimum atomic E-state index is 0. The van der Waals surface area contributed by atoms with Gasteiger partial charge in [-0.05, 0) is 66.8 Å². The van der Waals surface area contributed by atoms with Crippen molar-refractivity contribution in [3.8, 4) is 89.0 Å². The Morgan fingerprint density at radius 3 is 0.531 bits per heavy atom. The molecule has 0 spiro atoms. The Balaban J connectivity index is 0.000000146. The Morgan fingerprint density at radius 2 is 0.357 bits per heavy atom. The van der Waals surface area contributed by atoms with Gasteiger partial charge in [0.1, 0.15) is 0 Å². The van der Waals surface area contributed by atoms with Crippen molar-refractivity contribution in [1.29, 1.82) is 0 Å². The summed E-state index contributed by atoms with van der Waals surface area (Å²) in [5, 5.41) is 10.6. The van der Waals surface area contributed by atoms with Gasteiger partial charge in [-0.1, -0.05) is 293 Å². The van der Waals surface area contributed by atoms with Crippen LogP contribution in [0.15, 0.2) is 340 Å². The van der Waals surface area contributed by atoms with E-state index in [9.17, 15) is 0 Å². The molecule has 16 aromatic rings. The van der Waals surface area contributed by atoms with Crippen LogP contribution in [0.3, 0.4) is 0 Å². The van der Waals surface area contributed by atoms with Gasteiger partial charge in [-0.25, -0.2) is 0 Å². The summed E-state index contributed by atoms with van der Waals surface area (Å²) in [5.41, 5.74) is 26.1. The average Bonchev–Trinajstić information content (AvgIpc) is 1.61. The van der Waals surface area contributed by atoms with E-state index in [0.717, 1.165) is 0 Å². The smallest absolute Gasteiger partial charge is 0.0184 e. The van der Waals surface area contributed by atoms with Crippen LogP contribution >= 0.6 is 0 Å². The number of rotatable bonds is 8. The first-order chi connectivity index (χ1) is 46.7. The zero-order chi connectivity index (χ0) is 66.9. The topological polar surface area (TPSA) is 0 Å². The first-order valence-electron chi connectivity index (χ1n) is 33.0. The normalized spacial score (nSPS) is 10.4. The molecule has 0 N–H and O–H groups in total.